The molecule has 1 saturated heterocycles. The van der Waals surface area contributed by atoms with Crippen LogP contribution < -0.4 is 10.0 Å². The van der Waals surface area contributed by atoms with Crippen LogP contribution in [0.3, 0.4) is 0 Å². The number of imide groups is 1. The van der Waals surface area contributed by atoms with Crippen molar-refractivity contribution in [1.29, 1.82) is 0 Å². The van der Waals surface area contributed by atoms with E-state index in [4.69, 9.17) is 4.74 Å². The number of sulfonamides is 1. The van der Waals surface area contributed by atoms with Crippen LogP contribution in [0, 0.1) is 0 Å². The molecule has 1 aromatic carbocycles. The maximum atomic E-state index is 12.3. The van der Waals surface area contributed by atoms with E-state index in [2.05, 4.69) is 10.0 Å². The molecule has 1 fully saturated rings. The van der Waals surface area contributed by atoms with Crippen molar-refractivity contribution in [2.45, 2.75) is 50.5 Å². The molecule has 0 spiro atoms. The maximum Gasteiger partial charge on any atom is 0.324 e. The lowest BCUT2D eigenvalue weighted by molar-refractivity contribution is -0.157. The highest BCUT2D eigenvalue weighted by Gasteiger charge is 2.31. The van der Waals surface area contributed by atoms with E-state index in [9.17, 15) is 22.8 Å². The fourth-order valence-corrected chi connectivity index (χ4v) is 3.74. The van der Waals surface area contributed by atoms with Gasteiger partial charge in [0.25, 0.3) is 5.91 Å². The topological polar surface area (TPSA) is 122 Å². The SMILES string of the molecule is C[C@@H](OC(=O)CCNS(=O)(=O)c1ccc(C(C)(C)C)cc1)C(=O)N1CCNC1=O. The van der Waals surface area contributed by atoms with Crippen LogP contribution in [0.4, 0.5) is 4.79 Å². The normalized spacial score (nSPS) is 15.7. The molecule has 0 unspecified atom stereocenters. The minimum Gasteiger partial charge on any atom is -0.452 e. The first kappa shape index (κ1) is 22.8. The van der Waals surface area contributed by atoms with E-state index in [1.54, 1.807) is 12.1 Å². The molecule has 2 rings (SSSR count). The summed E-state index contributed by atoms with van der Waals surface area (Å²) in [7, 11) is -3.77. The van der Waals surface area contributed by atoms with Gasteiger partial charge in [-0.15, -0.1) is 0 Å². The van der Waals surface area contributed by atoms with Crippen LogP contribution in [-0.2, 0) is 29.8 Å². The lowest BCUT2D eigenvalue weighted by Crippen LogP contribution is -2.42. The summed E-state index contributed by atoms with van der Waals surface area (Å²) in [5.41, 5.74) is 0.911. The second kappa shape index (κ2) is 8.91. The third-order valence-corrected chi connectivity index (χ3v) is 5.91. The van der Waals surface area contributed by atoms with Gasteiger partial charge in [0.1, 0.15) is 0 Å². The number of rotatable bonds is 7. The number of urea groups is 1. The summed E-state index contributed by atoms with van der Waals surface area (Å²) in [4.78, 5) is 36.5. The summed E-state index contributed by atoms with van der Waals surface area (Å²) in [6.07, 6.45) is -1.38. The Morgan fingerprint density at radius 2 is 1.86 bits per heavy atom. The number of hydrogen-bond acceptors (Lipinski definition) is 6. The minimum atomic E-state index is -3.77. The number of carbonyl (C=O) groups is 3. The molecule has 2 N–H and O–H groups in total. The van der Waals surface area contributed by atoms with Crippen molar-refractivity contribution < 1.29 is 27.5 Å². The van der Waals surface area contributed by atoms with Gasteiger partial charge in [-0.05, 0) is 30.0 Å². The Hall–Kier alpha value is -2.46. The van der Waals surface area contributed by atoms with Gasteiger partial charge in [-0.2, -0.15) is 0 Å². The van der Waals surface area contributed by atoms with Crippen molar-refractivity contribution in [3.8, 4) is 0 Å². The zero-order valence-corrected chi connectivity index (χ0v) is 17.8. The van der Waals surface area contributed by atoms with Gasteiger partial charge in [-0.25, -0.2) is 17.9 Å². The van der Waals surface area contributed by atoms with E-state index < -0.39 is 34.0 Å². The van der Waals surface area contributed by atoms with Crippen LogP contribution in [0.25, 0.3) is 0 Å². The van der Waals surface area contributed by atoms with Crippen LogP contribution in [0.2, 0.25) is 0 Å². The number of nitrogens with zero attached hydrogens (tertiary/aromatic N) is 1. The maximum absolute atomic E-state index is 12.3. The molecule has 3 amide bonds. The van der Waals surface area contributed by atoms with Gasteiger partial charge in [0.2, 0.25) is 10.0 Å². The molecule has 160 valence electrons. The first-order chi connectivity index (χ1) is 13.4. The minimum absolute atomic E-state index is 0.0939. The quantitative estimate of drug-likeness (QED) is 0.632. The van der Waals surface area contributed by atoms with Gasteiger partial charge in [-0.3, -0.25) is 14.5 Å². The van der Waals surface area contributed by atoms with Gasteiger partial charge < -0.3 is 10.1 Å². The average molecular weight is 426 g/mol. The molecule has 10 heteroatoms. The fraction of sp³-hybridized carbons (Fsp3) is 0.526. The molecule has 1 atom stereocenters. The molecule has 1 aliphatic heterocycles. The van der Waals surface area contributed by atoms with Crippen LogP contribution in [0.5, 0.6) is 0 Å². The average Bonchev–Trinajstić information content (AvgIpc) is 3.06. The van der Waals surface area contributed by atoms with Gasteiger partial charge in [0.15, 0.2) is 6.10 Å². The Labute approximate surface area is 170 Å². The zero-order chi connectivity index (χ0) is 21.8. The Bertz CT molecular complexity index is 874. The predicted molar refractivity (Wildman–Crippen MR) is 106 cm³/mol. The Morgan fingerprint density at radius 3 is 2.38 bits per heavy atom. The third-order valence-electron chi connectivity index (χ3n) is 4.43. The van der Waals surface area contributed by atoms with E-state index in [-0.39, 0.29) is 29.8 Å². The van der Waals surface area contributed by atoms with Crippen LogP contribution in [0.15, 0.2) is 29.2 Å². The highest BCUT2D eigenvalue weighted by molar-refractivity contribution is 7.89. The first-order valence-corrected chi connectivity index (χ1v) is 10.8. The molecule has 0 radical (unpaired) electrons. The fourth-order valence-electron chi connectivity index (χ4n) is 2.71. The zero-order valence-electron chi connectivity index (χ0n) is 17.0. The van der Waals surface area contributed by atoms with Crippen molar-refractivity contribution >= 4 is 27.9 Å². The Morgan fingerprint density at radius 1 is 1.24 bits per heavy atom. The van der Waals surface area contributed by atoms with Gasteiger partial charge in [0, 0.05) is 19.6 Å². The van der Waals surface area contributed by atoms with Crippen LogP contribution in [-0.4, -0.2) is 57.0 Å². The molecule has 29 heavy (non-hydrogen) atoms. The molecule has 1 aliphatic rings. The molecule has 1 heterocycles. The van der Waals surface area contributed by atoms with Crippen molar-refractivity contribution in [1.82, 2.24) is 14.9 Å². The second-order valence-electron chi connectivity index (χ2n) is 7.78. The molecule has 1 aromatic rings. The van der Waals surface area contributed by atoms with Crippen LogP contribution >= 0.6 is 0 Å². The van der Waals surface area contributed by atoms with Gasteiger partial charge in [0.05, 0.1) is 11.3 Å². The molecular weight excluding hydrogens is 398 g/mol. The number of nitrogens with one attached hydrogen (secondary N) is 2. The highest BCUT2D eigenvalue weighted by Crippen LogP contribution is 2.23. The molecule has 0 aromatic heterocycles. The third kappa shape index (κ3) is 6.01. The number of esters is 1. The highest BCUT2D eigenvalue weighted by atomic mass is 32.2. The number of hydrogen-bond donors (Lipinski definition) is 2. The van der Waals surface area contributed by atoms with Crippen molar-refractivity contribution in [2.75, 3.05) is 19.6 Å². The van der Waals surface area contributed by atoms with Gasteiger partial charge >= 0.3 is 12.0 Å². The summed E-state index contributed by atoms with van der Waals surface area (Å²) < 4.78 is 32.0. The van der Waals surface area contributed by atoms with Gasteiger partial charge in [-0.1, -0.05) is 32.9 Å². The molecular formula is C19H27N3O6S. The Balaban J connectivity index is 1.84. The van der Waals surface area contributed by atoms with E-state index in [0.717, 1.165) is 10.5 Å². The monoisotopic (exact) mass is 425 g/mol. The number of benzene rings is 1. The van der Waals surface area contributed by atoms with Crippen molar-refractivity contribution in [2.24, 2.45) is 0 Å². The molecule has 0 aliphatic carbocycles. The Kier molecular flexibility index (Phi) is 7.02. The van der Waals surface area contributed by atoms with E-state index in [1.807, 2.05) is 20.8 Å². The summed E-state index contributed by atoms with van der Waals surface area (Å²) in [6.45, 7) is 7.85. The number of carbonyl (C=O) groups excluding carboxylic acids is 3. The molecule has 0 bridgehead atoms. The summed E-state index contributed by atoms with van der Waals surface area (Å²) in [5.74, 6) is -1.36. The van der Waals surface area contributed by atoms with Crippen molar-refractivity contribution in [3.05, 3.63) is 29.8 Å². The summed E-state index contributed by atoms with van der Waals surface area (Å²) >= 11 is 0. The second-order valence-corrected chi connectivity index (χ2v) is 9.54. The summed E-state index contributed by atoms with van der Waals surface area (Å²) in [6, 6.07) is 6.02. The van der Waals surface area contributed by atoms with E-state index in [0.29, 0.717) is 6.54 Å². The number of amides is 3. The van der Waals surface area contributed by atoms with E-state index in [1.165, 1.54) is 19.1 Å². The lowest BCUT2D eigenvalue weighted by atomic mass is 9.87. The van der Waals surface area contributed by atoms with Crippen LogP contribution in [0.1, 0.15) is 39.7 Å². The number of ether oxygens (including phenoxy) is 1. The lowest BCUT2D eigenvalue weighted by Gasteiger charge is -2.19. The van der Waals surface area contributed by atoms with E-state index >= 15 is 0 Å². The predicted octanol–water partition coefficient (Wildman–Crippen LogP) is 1.14. The summed E-state index contributed by atoms with van der Waals surface area (Å²) in [5, 5.41) is 2.49. The molecule has 0 saturated carbocycles. The first-order valence-electron chi connectivity index (χ1n) is 9.31. The van der Waals surface area contributed by atoms with Crippen molar-refractivity contribution in [3.63, 3.8) is 0 Å². The smallest absolute Gasteiger partial charge is 0.324 e. The molecule has 9 nitrogen and oxygen atoms in total. The largest absolute Gasteiger partial charge is 0.452 e. The standard InChI is InChI=1S/C19H27N3O6S/c1-13(17(24)22-12-11-20-18(22)25)28-16(23)9-10-21-29(26,27)15-7-5-14(6-8-15)19(2,3)4/h5-8,13,21H,9-12H2,1-4H3,(H,20,25)/t13-/m1/s1.